The highest BCUT2D eigenvalue weighted by atomic mass is 16.5. The monoisotopic (exact) mass is 475 g/mol. The van der Waals surface area contributed by atoms with Gasteiger partial charge in [0, 0.05) is 11.6 Å². The van der Waals surface area contributed by atoms with Gasteiger partial charge >= 0.3 is 0 Å². The van der Waals surface area contributed by atoms with E-state index in [0.29, 0.717) is 29.7 Å². The molecular weight excluding hydrogens is 442 g/mol. The van der Waals surface area contributed by atoms with Crippen LogP contribution < -0.4 is 10.1 Å². The smallest absolute Gasteiger partial charge is 0.271 e. The molecule has 1 fully saturated rings. The van der Waals surface area contributed by atoms with Gasteiger partial charge in [0.05, 0.1) is 32.2 Å². The number of carbonyl (C=O) groups is 2. The molecule has 7 nitrogen and oxygen atoms in total. The summed E-state index contributed by atoms with van der Waals surface area (Å²) in [6.45, 7) is 4.68. The lowest BCUT2D eigenvalue weighted by atomic mass is 9.85. The van der Waals surface area contributed by atoms with Gasteiger partial charge in [-0.25, -0.2) is 0 Å². The third kappa shape index (κ3) is 4.13. The Morgan fingerprint density at radius 3 is 2.63 bits per heavy atom. The topological polar surface area (TPSA) is 76.7 Å². The van der Waals surface area contributed by atoms with E-state index in [1.807, 2.05) is 60.0 Å². The number of para-hydroxylation sites is 1. The molecule has 1 aromatic carbocycles. The van der Waals surface area contributed by atoms with Crippen molar-refractivity contribution in [2.45, 2.75) is 64.2 Å². The molecule has 3 aromatic rings. The summed E-state index contributed by atoms with van der Waals surface area (Å²) in [5.41, 5.74) is 1.10. The summed E-state index contributed by atoms with van der Waals surface area (Å²) in [6.07, 6.45) is 6.00. The largest absolute Gasteiger partial charge is 0.496 e. The van der Waals surface area contributed by atoms with E-state index in [4.69, 9.17) is 9.15 Å². The number of hydrogen-bond acceptors (Lipinski definition) is 4. The van der Waals surface area contributed by atoms with Gasteiger partial charge in [0.15, 0.2) is 0 Å². The molecule has 0 unspecified atom stereocenters. The van der Waals surface area contributed by atoms with Gasteiger partial charge < -0.3 is 23.9 Å². The molecule has 1 saturated carbocycles. The van der Waals surface area contributed by atoms with Crippen LogP contribution in [0.25, 0.3) is 11.5 Å². The predicted octanol–water partition coefficient (Wildman–Crippen LogP) is 4.87. The Kier molecular flexibility index (Phi) is 6.17. The van der Waals surface area contributed by atoms with Gasteiger partial charge in [-0.05, 0) is 56.0 Å². The van der Waals surface area contributed by atoms with Crippen LogP contribution in [-0.2, 0) is 17.9 Å². The van der Waals surface area contributed by atoms with Crippen molar-refractivity contribution in [1.82, 2.24) is 14.8 Å². The summed E-state index contributed by atoms with van der Waals surface area (Å²) in [7, 11) is 1.62. The van der Waals surface area contributed by atoms with Gasteiger partial charge in [-0.3, -0.25) is 9.59 Å². The van der Waals surface area contributed by atoms with Crippen molar-refractivity contribution in [3.8, 4) is 17.2 Å². The molecule has 3 heterocycles. The average Bonchev–Trinajstić information content (AvgIpc) is 3.53. The number of furan rings is 1. The van der Waals surface area contributed by atoms with Crippen LogP contribution in [0.3, 0.4) is 0 Å². The number of fused-ring (bicyclic) bond motifs is 1. The second-order valence-corrected chi connectivity index (χ2v) is 9.99. The van der Waals surface area contributed by atoms with E-state index < -0.39 is 5.54 Å². The minimum absolute atomic E-state index is 0.117. The number of nitrogens with zero attached hydrogens (tertiary/aromatic N) is 2. The normalized spacial score (nSPS) is 24.2. The Balaban J connectivity index is 1.55. The summed E-state index contributed by atoms with van der Waals surface area (Å²) in [5, 5.41) is 3.32. The van der Waals surface area contributed by atoms with Crippen LogP contribution in [0.1, 0.15) is 55.6 Å². The molecule has 5 rings (SSSR count). The molecule has 0 bridgehead atoms. The maximum Gasteiger partial charge on any atom is 0.271 e. The molecule has 2 aromatic heterocycles. The highest BCUT2D eigenvalue weighted by Gasteiger charge is 2.48. The molecule has 1 aliphatic carbocycles. The standard InChI is InChI=1S/C28H33N3O4/c1-19-9-4-6-11-21(19)29-27(33)28(2)18-30-22(25-13-8-16-35-25)14-15-23(30)26(32)31(28)17-20-10-5-7-12-24(20)34-3/h5,7-8,10,12-16,19,21H,4,6,9,11,17-18H2,1-3H3,(H,29,33)/t19-,21-,28+/m0/s1. The SMILES string of the molecule is COc1ccccc1CN1C(=O)c2ccc(-c3ccco3)n2C[C@]1(C)C(=O)N[C@H]1CCCC[C@@H]1C. The number of rotatable bonds is 6. The van der Waals surface area contributed by atoms with Crippen LogP contribution in [0.2, 0.25) is 0 Å². The second-order valence-electron chi connectivity index (χ2n) is 9.99. The number of amides is 2. The molecular formula is C28H33N3O4. The van der Waals surface area contributed by atoms with Crippen LogP contribution in [0.4, 0.5) is 0 Å². The molecule has 2 amide bonds. The van der Waals surface area contributed by atoms with Crippen molar-refractivity contribution >= 4 is 11.8 Å². The van der Waals surface area contributed by atoms with Crippen molar-refractivity contribution in [3.63, 3.8) is 0 Å². The molecule has 1 N–H and O–H groups in total. The zero-order valence-electron chi connectivity index (χ0n) is 20.6. The maximum absolute atomic E-state index is 14.0. The number of hydrogen-bond donors (Lipinski definition) is 1. The third-order valence-electron chi connectivity index (χ3n) is 7.72. The molecule has 2 aliphatic rings. The highest BCUT2D eigenvalue weighted by molar-refractivity contribution is 6.00. The van der Waals surface area contributed by atoms with Gasteiger partial charge in [0.2, 0.25) is 5.91 Å². The van der Waals surface area contributed by atoms with Crippen LogP contribution in [0, 0.1) is 5.92 Å². The Morgan fingerprint density at radius 1 is 1.11 bits per heavy atom. The summed E-state index contributed by atoms with van der Waals surface area (Å²) in [6, 6.07) is 15.2. The van der Waals surface area contributed by atoms with E-state index in [0.717, 1.165) is 30.5 Å². The van der Waals surface area contributed by atoms with Gasteiger partial charge in [0.25, 0.3) is 5.91 Å². The minimum Gasteiger partial charge on any atom is -0.496 e. The number of ether oxygens (including phenoxy) is 1. The quantitative estimate of drug-likeness (QED) is 0.552. The van der Waals surface area contributed by atoms with Crippen molar-refractivity contribution in [1.29, 1.82) is 0 Å². The van der Waals surface area contributed by atoms with Crippen molar-refractivity contribution in [3.05, 3.63) is 66.1 Å². The summed E-state index contributed by atoms with van der Waals surface area (Å²) >= 11 is 0. The van der Waals surface area contributed by atoms with Gasteiger partial charge in [-0.2, -0.15) is 0 Å². The molecule has 0 saturated heterocycles. The first-order valence-electron chi connectivity index (χ1n) is 12.4. The molecule has 3 atom stereocenters. The van der Waals surface area contributed by atoms with Gasteiger partial charge in [-0.15, -0.1) is 0 Å². The predicted molar refractivity (Wildman–Crippen MR) is 133 cm³/mol. The number of aromatic nitrogens is 1. The zero-order valence-corrected chi connectivity index (χ0v) is 20.6. The average molecular weight is 476 g/mol. The summed E-state index contributed by atoms with van der Waals surface area (Å²) in [5.74, 6) is 1.48. The number of nitrogens with one attached hydrogen (secondary N) is 1. The van der Waals surface area contributed by atoms with E-state index in [1.54, 1.807) is 18.3 Å². The highest BCUT2D eigenvalue weighted by Crippen LogP contribution is 2.36. The molecule has 0 spiro atoms. The second kappa shape index (κ2) is 9.29. The van der Waals surface area contributed by atoms with Crippen LogP contribution in [0.5, 0.6) is 5.75 Å². The first kappa shape index (κ1) is 23.3. The molecule has 184 valence electrons. The Bertz CT molecular complexity index is 1210. The maximum atomic E-state index is 14.0. The first-order chi connectivity index (χ1) is 16.9. The number of methoxy groups -OCH3 is 1. The molecule has 35 heavy (non-hydrogen) atoms. The fraction of sp³-hybridized carbons (Fsp3) is 0.429. The van der Waals surface area contributed by atoms with Crippen molar-refractivity contribution in [2.75, 3.05) is 7.11 Å². The van der Waals surface area contributed by atoms with E-state index in [-0.39, 0.29) is 24.4 Å². The lowest BCUT2D eigenvalue weighted by molar-refractivity contribution is -0.134. The van der Waals surface area contributed by atoms with E-state index >= 15 is 0 Å². The fourth-order valence-electron chi connectivity index (χ4n) is 5.52. The summed E-state index contributed by atoms with van der Waals surface area (Å²) < 4.78 is 13.1. The third-order valence-corrected chi connectivity index (χ3v) is 7.72. The fourth-order valence-corrected chi connectivity index (χ4v) is 5.52. The van der Waals surface area contributed by atoms with Gasteiger partial charge in [0.1, 0.15) is 22.7 Å². The lowest BCUT2D eigenvalue weighted by Crippen LogP contribution is -2.65. The Labute approximate surface area is 206 Å². The van der Waals surface area contributed by atoms with Crippen molar-refractivity contribution < 1.29 is 18.7 Å². The van der Waals surface area contributed by atoms with E-state index in [1.165, 1.54) is 6.42 Å². The van der Waals surface area contributed by atoms with Crippen LogP contribution in [0.15, 0.2) is 59.2 Å². The lowest BCUT2D eigenvalue weighted by Gasteiger charge is -2.45. The van der Waals surface area contributed by atoms with E-state index in [2.05, 4.69) is 12.2 Å². The van der Waals surface area contributed by atoms with E-state index in [9.17, 15) is 9.59 Å². The molecule has 0 radical (unpaired) electrons. The van der Waals surface area contributed by atoms with Crippen LogP contribution in [-0.4, -0.2) is 40.0 Å². The minimum atomic E-state index is -1.09. The number of benzene rings is 1. The Morgan fingerprint density at radius 2 is 1.89 bits per heavy atom. The molecule has 7 heteroatoms. The number of carbonyl (C=O) groups excluding carboxylic acids is 2. The zero-order chi connectivity index (χ0) is 24.6. The Hall–Kier alpha value is -3.48. The van der Waals surface area contributed by atoms with Crippen LogP contribution >= 0.6 is 0 Å². The molecule has 1 aliphatic heterocycles. The van der Waals surface area contributed by atoms with Crippen molar-refractivity contribution in [2.24, 2.45) is 5.92 Å². The summed E-state index contributed by atoms with van der Waals surface area (Å²) in [4.78, 5) is 29.6. The van der Waals surface area contributed by atoms with Gasteiger partial charge in [-0.1, -0.05) is 38.0 Å². The first-order valence-corrected chi connectivity index (χ1v) is 12.4.